The third-order valence-electron chi connectivity index (χ3n) is 1.01. The van der Waals surface area contributed by atoms with Crippen LogP contribution >= 0.6 is 0 Å². The molecular weight excluding hydrogens is 217 g/mol. The number of rotatable bonds is 2. The van der Waals surface area contributed by atoms with Gasteiger partial charge in [0.15, 0.2) is 0 Å². The van der Waals surface area contributed by atoms with Crippen LogP contribution in [0.15, 0.2) is 12.3 Å². The number of carbonyl (C=O) groups excluding carboxylic acids is 1. The summed E-state index contributed by atoms with van der Waals surface area (Å²) >= 11 is 0. The first kappa shape index (κ1) is 16.5. The Balaban J connectivity index is 0. The van der Waals surface area contributed by atoms with Crippen molar-refractivity contribution in [2.75, 3.05) is 5.75 Å². The first-order valence-corrected chi connectivity index (χ1v) is 5.24. The standard InChI is InChI=1S/C4H10O3S.C3H3NO.Na/c1-4(2)3-8(5,6)7;1-2-3(5)4-2;/h4H,3H2,1-2H3,(H,5,6,7);1H2,(H,4,5);/q;;+1/p-1. The van der Waals surface area contributed by atoms with E-state index in [2.05, 4.69) is 11.9 Å². The molecule has 0 aromatic heterocycles. The summed E-state index contributed by atoms with van der Waals surface area (Å²) in [5, 5.41) is 2.36. The van der Waals surface area contributed by atoms with E-state index >= 15 is 0 Å². The van der Waals surface area contributed by atoms with Crippen molar-refractivity contribution in [3.8, 4) is 0 Å². The molecule has 1 fully saturated rings. The molecule has 1 rings (SSSR count). The third kappa shape index (κ3) is 12.1. The monoisotopic (exact) mass is 229 g/mol. The number of hydrogen-bond acceptors (Lipinski definition) is 4. The van der Waals surface area contributed by atoms with E-state index in [1.54, 1.807) is 13.8 Å². The molecule has 0 bridgehead atoms. The zero-order chi connectivity index (χ0) is 10.6. The van der Waals surface area contributed by atoms with Crippen molar-refractivity contribution < 1.29 is 47.3 Å². The van der Waals surface area contributed by atoms with Crippen LogP contribution in [0.3, 0.4) is 0 Å². The van der Waals surface area contributed by atoms with E-state index in [4.69, 9.17) is 0 Å². The van der Waals surface area contributed by atoms with Gasteiger partial charge in [-0.2, -0.15) is 0 Å². The van der Waals surface area contributed by atoms with Crippen molar-refractivity contribution in [3.05, 3.63) is 12.3 Å². The number of nitrogens with one attached hydrogen (secondary N) is 1. The van der Waals surface area contributed by atoms with Crippen LogP contribution in [-0.4, -0.2) is 24.6 Å². The molecule has 1 aliphatic rings. The van der Waals surface area contributed by atoms with E-state index in [1.807, 2.05) is 0 Å². The summed E-state index contributed by atoms with van der Waals surface area (Å²) in [7, 11) is -3.97. The average Bonchev–Trinajstić information content (AvgIpc) is 2.38. The predicted molar refractivity (Wildman–Crippen MR) is 46.7 cm³/mol. The van der Waals surface area contributed by atoms with E-state index < -0.39 is 10.1 Å². The van der Waals surface area contributed by atoms with Gasteiger partial charge >= 0.3 is 29.6 Å². The van der Waals surface area contributed by atoms with Crippen LogP contribution < -0.4 is 34.9 Å². The SMILES string of the molecule is C=C1NC1=O.CC(C)CS(=O)(=O)[O-].[Na+]. The minimum absolute atomic E-state index is 0. The Kier molecular flexibility index (Phi) is 7.77. The fourth-order valence-electron chi connectivity index (χ4n) is 0.514. The fourth-order valence-corrected chi connectivity index (χ4v) is 1.33. The predicted octanol–water partition coefficient (Wildman–Crippen LogP) is -3.18. The van der Waals surface area contributed by atoms with E-state index in [0.717, 1.165) is 0 Å². The first-order chi connectivity index (χ1) is 5.72. The quantitative estimate of drug-likeness (QED) is 0.234. The molecule has 1 heterocycles. The van der Waals surface area contributed by atoms with Crippen molar-refractivity contribution in [3.63, 3.8) is 0 Å². The van der Waals surface area contributed by atoms with E-state index in [9.17, 15) is 17.8 Å². The van der Waals surface area contributed by atoms with E-state index in [-0.39, 0.29) is 47.1 Å². The van der Waals surface area contributed by atoms with Crippen LogP contribution in [-0.2, 0) is 14.9 Å². The average molecular weight is 229 g/mol. The van der Waals surface area contributed by atoms with Crippen LogP contribution in [0, 0.1) is 5.92 Å². The van der Waals surface area contributed by atoms with Crippen LogP contribution in [0.4, 0.5) is 0 Å². The van der Waals surface area contributed by atoms with E-state index in [1.165, 1.54) is 0 Å². The third-order valence-corrected chi connectivity index (χ3v) is 2.09. The van der Waals surface area contributed by atoms with E-state index in [0.29, 0.717) is 5.70 Å². The molecule has 14 heavy (non-hydrogen) atoms. The maximum Gasteiger partial charge on any atom is 1.00 e. The van der Waals surface area contributed by atoms with Gasteiger partial charge in [-0.25, -0.2) is 8.42 Å². The topological polar surface area (TPSA) is 96.2 Å². The summed E-state index contributed by atoms with van der Waals surface area (Å²) in [5.74, 6) is -0.338. The fraction of sp³-hybridized carbons (Fsp3) is 0.571. The van der Waals surface area contributed by atoms with Gasteiger partial charge in [-0.1, -0.05) is 20.4 Å². The number of amides is 1. The molecule has 76 valence electrons. The molecule has 0 atom stereocenters. The summed E-state index contributed by atoms with van der Waals surface area (Å²) in [6.45, 7) is 6.67. The Morgan fingerprint density at radius 2 is 1.79 bits per heavy atom. The second kappa shape index (κ2) is 6.58. The molecule has 1 aliphatic heterocycles. The molecule has 1 amide bonds. The molecule has 7 heteroatoms. The number of hydrogen-bond donors (Lipinski definition) is 1. The van der Waals surface area contributed by atoms with Crippen LogP contribution in [0.2, 0.25) is 0 Å². The maximum absolute atomic E-state index is 9.89. The molecule has 0 radical (unpaired) electrons. The Labute approximate surface area is 106 Å². The maximum atomic E-state index is 9.89. The molecule has 0 saturated carbocycles. The Bertz CT molecular complexity index is 298. The van der Waals surface area contributed by atoms with Crippen molar-refractivity contribution in [1.82, 2.24) is 5.32 Å². The summed E-state index contributed by atoms with van der Waals surface area (Å²) in [4.78, 5) is 9.68. The second-order valence-electron chi connectivity index (χ2n) is 3.05. The Morgan fingerprint density at radius 1 is 1.50 bits per heavy atom. The van der Waals surface area contributed by atoms with Crippen LogP contribution in [0.5, 0.6) is 0 Å². The molecule has 0 aliphatic carbocycles. The number of carbonyl (C=O) groups is 1. The van der Waals surface area contributed by atoms with Gasteiger partial charge in [0, 0.05) is 5.75 Å². The summed E-state index contributed by atoms with van der Waals surface area (Å²) in [6, 6.07) is 0. The molecule has 0 spiro atoms. The van der Waals surface area contributed by atoms with Crippen molar-refractivity contribution >= 4 is 16.0 Å². The van der Waals surface area contributed by atoms with Gasteiger partial charge in [-0.15, -0.1) is 0 Å². The van der Waals surface area contributed by atoms with Gasteiger partial charge in [0.05, 0.1) is 15.8 Å². The van der Waals surface area contributed by atoms with Crippen LogP contribution in [0.25, 0.3) is 0 Å². The summed E-state index contributed by atoms with van der Waals surface area (Å²) in [6.07, 6.45) is 0. The van der Waals surface area contributed by atoms with Crippen molar-refractivity contribution in [2.24, 2.45) is 5.92 Å². The van der Waals surface area contributed by atoms with Crippen molar-refractivity contribution in [2.45, 2.75) is 13.8 Å². The first-order valence-electron chi connectivity index (χ1n) is 3.66. The zero-order valence-electron chi connectivity index (χ0n) is 8.53. The molecule has 0 aromatic carbocycles. The van der Waals surface area contributed by atoms with Gasteiger partial charge in [-0.3, -0.25) is 4.79 Å². The van der Waals surface area contributed by atoms with Gasteiger partial charge < -0.3 is 9.87 Å². The van der Waals surface area contributed by atoms with Gasteiger partial charge in [0.1, 0.15) is 0 Å². The zero-order valence-corrected chi connectivity index (χ0v) is 11.3. The van der Waals surface area contributed by atoms with Gasteiger partial charge in [0.2, 0.25) is 0 Å². The minimum Gasteiger partial charge on any atom is -0.748 e. The van der Waals surface area contributed by atoms with Crippen LogP contribution in [0.1, 0.15) is 13.8 Å². The molecule has 1 N–H and O–H groups in total. The summed E-state index contributed by atoms with van der Waals surface area (Å²) in [5.41, 5.74) is 0.532. The smallest absolute Gasteiger partial charge is 0.748 e. The molecular formula is C7H12NNaO4S. The van der Waals surface area contributed by atoms with Gasteiger partial charge in [0.25, 0.3) is 5.91 Å². The second-order valence-corrected chi connectivity index (χ2v) is 4.50. The summed E-state index contributed by atoms with van der Waals surface area (Å²) < 4.78 is 29.7. The molecule has 5 nitrogen and oxygen atoms in total. The minimum atomic E-state index is -3.97. The van der Waals surface area contributed by atoms with Gasteiger partial charge in [-0.05, 0) is 5.92 Å². The molecule has 0 aromatic rings. The Hall–Kier alpha value is 0.120. The molecule has 0 unspecified atom stereocenters. The normalized spacial score (nSPS) is 13.7. The van der Waals surface area contributed by atoms with Crippen molar-refractivity contribution in [1.29, 1.82) is 0 Å². The molecule has 1 saturated heterocycles. The Morgan fingerprint density at radius 3 is 1.79 bits per heavy atom. The largest absolute Gasteiger partial charge is 1.00 e.